The molecule has 0 saturated heterocycles. The molecule has 120 valence electrons. The molecule has 0 aliphatic heterocycles. The van der Waals surface area contributed by atoms with Crippen LogP contribution in [0.2, 0.25) is 0 Å². The summed E-state index contributed by atoms with van der Waals surface area (Å²) in [5, 5.41) is 2.59. The monoisotopic (exact) mass is 304 g/mol. The summed E-state index contributed by atoms with van der Waals surface area (Å²) in [5.41, 5.74) is -0.919. The average Bonchev–Trinajstić information content (AvgIpc) is 2.41. The number of halogens is 3. The first-order valence-electron chi connectivity index (χ1n) is 7.20. The summed E-state index contributed by atoms with van der Waals surface area (Å²) in [5.74, 6) is 0.300. The molecule has 1 heterocycles. The van der Waals surface area contributed by atoms with Crippen LogP contribution in [-0.4, -0.2) is 29.6 Å². The zero-order valence-electron chi connectivity index (χ0n) is 13.0. The van der Waals surface area contributed by atoms with E-state index in [1.54, 1.807) is 0 Å². The molecule has 0 spiro atoms. The Balaban J connectivity index is 3.11. The lowest BCUT2D eigenvalue weighted by Gasteiger charge is -2.28. The summed E-state index contributed by atoms with van der Waals surface area (Å²) in [6, 6.07) is 1.09. The smallest absolute Gasteiger partial charge is 0.357 e. The van der Waals surface area contributed by atoms with Gasteiger partial charge in [-0.3, -0.25) is 0 Å². The summed E-state index contributed by atoms with van der Waals surface area (Å²) < 4.78 is 38.8. The molecule has 0 radical (unpaired) electrons. The Labute approximate surface area is 123 Å². The van der Waals surface area contributed by atoms with Gasteiger partial charge in [0.1, 0.15) is 5.82 Å². The van der Waals surface area contributed by atoms with E-state index in [0.717, 1.165) is 25.3 Å². The second-order valence-electron chi connectivity index (χ2n) is 5.18. The molecule has 0 aliphatic rings. The number of hydrogen-bond donors (Lipinski definition) is 1. The molecule has 0 amide bonds. The standard InChI is InChI=1S/C14H23F3N4/c1-5-6-7-8-21(10(2)3)12-9-11(14(15,16)17)19-13(18-4)20-12/h9-10H,5-8H2,1-4H3,(H,18,19,20). The molecule has 0 aliphatic carbocycles. The number of nitrogens with one attached hydrogen (secondary N) is 1. The molecule has 1 N–H and O–H groups in total. The van der Waals surface area contributed by atoms with E-state index < -0.39 is 11.9 Å². The number of aromatic nitrogens is 2. The van der Waals surface area contributed by atoms with E-state index in [-0.39, 0.29) is 12.0 Å². The third kappa shape index (κ3) is 5.06. The van der Waals surface area contributed by atoms with Crippen molar-refractivity contribution in [3.8, 4) is 0 Å². The fourth-order valence-corrected chi connectivity index (χ4v) is 2.01. The van der Waals surface area contributed by atoms with Crippen molar-refractivity contribution < 1.29 is 13.2 Å². The minimum atomic E-state index is -4.48. The van der Waals surface area contributed by atoms with Crippen molar-refractivity contribution in [2.24, 2.45) is 0 Å². The zero-order valence-corrected chi connectivity index (χ0v) is 13.0. The number of alkyl halides is 3. The largest absolute Gasteiger partial charge is 0.433 e. The lowest BCUT2D eigenvalue weighted by atomic mass is 10.2. The van der Waals surface area contributed by atoms with Crippen LogP contribution in [0.4, 0.5) is 24.9 Å². The fraction of sp³-hybridized carbons (Fsp3) is 0.714. The van der Waals surface area contributed by atoms with Crippen LogP contribution in [0.5, 0.6) is 0 Å². The highest BCUT2D eigenvalue weighted by molar-refractivity contribution is 5.46. The number of unbranched alkanes of at least 4 members (excludes halogenated alkanes) is 2. The molecule has 1 aromatic rings. The third-order valence-electron chi connectivity index (χ3n) is 3.15. The summed E-state index contributed by atoms with van der Waals surface area (Å²) in [4.78, 5) is 9.54. The number of anilines is 2. The Morgan fingerprint density at radius 3 is 2.38 bits per heavy atom. The Kier molecular flexibility index (Phi) is 6.23. The predicted octanol–water partition coefficient (Wildman–Crippen LogP) is 3.94. The molecule has 0 unspecified atom stereocenters. The van der Waals surface area contributed by atoms with Crippen LogP contribution in [-0.2, 0) is 6.18 Å². The van der Waals surface area contributed by atoms with Gasteiger partial charge >= 0.3 is 6.18 Å². The van der Waals surface area contributed by atoms with Gasteiger partial charge in [0, 0.05) is 25.7 Å². The first kappa shape index (κ1) is 17.5. The summed E-state index contributed by atoms with van der Waals surface area (Å²) in [7, 11) is 1.51. The van der Waals surface area contributed by atoms with E-state index in [1.807, 2.05) is 18.7 Å². The number of rotatable bonds is 7. The molecule has 0 bridgehead atoms. The van der Waals surface area contributed by atoms with Crippen LogP contribution in [0.15, 0.2) is 6.07 Å². The van der Waals surface area contributed by atoms with Crippen LogP contribution >= 0.6 is 0 Å². The molecule has 21 heavy (non-hydrogen) atoms. The van der Waals surface area contributed by atoms with Crippen LogP contribution in [0.1, 0.15) is 45.7 Å². The van der Waals surface area contributed by atoms with Gasteiger partial charge in [0.05, 0.1) is 0 Å². The van der Waals surface area contributed by atoms with Gasteiger partial charge in [-0.2, -0.15) is 18.2 Å². The highest BCUT2D eigenvalue weighted by Crippen LogP contribution is 2.31. The van der Waals surface area contributed by atoms with Gasteiger partial charge in [-0.1, -0.05) is 19.8 Å². The Morgan fingerprint density at radius 2 is 1.90 bits per heavy atom. The number of nitrogens with zero attached hydrogens (tertiary/aromatic N) is 3. The van der Waals surface area contributed by atoms with Crippen molar-refractivity contribution in [3.05, 3.63) is 11.8 Å². The topological polar surface area (TPSA) is 41.1 Å². The SMILES string of the molecule is CCCCCN(c1cc(C(F)(F)F)nc(NC)n1)C(C)C. The molecule has 1 rings (SSSR count). The Bertz CT molecular complexity index is 446. The molecule has 0 atom stereocenters. The van der Waals surface area contributed by atoms with Crippen molar-refractivity contribution in [3.63, 3.8) is 0 Å². The molecule has 0 saturated carbocycles. The average molecular weight is 304 g/mol. The van der Waals surface area contributed by atoms with E-state index in [1.165, 1.54) is 7.05 Å². The lowest BCUT2D eigenvalue weighted by molar-refractivity contribution is -0.141. The van der Waals surface area contributed by atoms with E-state index in [9.17, 15) is 13.2 Å². The maximum Gasteiger partial charge on any atom is 0.433 e. The predicted molar refractivity (Wildman–Crippen MR) is 78.6 cm³/mol. The minimum Gasteiger partial charge on any atom is -0.357 e. The zero-order chi connectivity index (χ0) is 16.0. The Hall–Kier alpha value is -1.53. The first-order chi connectivity index (χ1) is 9.79. The van der Waals surface area contributed by atoms with Gasteiger partial charge in [-0.25, -0.2) is 4.98 Å². The highest BCUT2D eigenvalue weighted by Gasteiger charge is 2.34. The number of hydrogen-bond acceptors (Lipinski definition) is 4. The summed E-state index contributed by atoms with van der Waals surface area (Å²) in [6.45, 7) is 6.66. The van der Waals surface area contributed by atoms with Gasteiger partial charge in [-0.15, -0.1) is 0 Å². The lowest BCUT2D eigenvalue weighted by Crippen LogP contribution is -2.33. The highest BCUT2D eigenvalue weighted by atomic mass is 19.4. The molecule has 0 fully saturated rings. The maximum atomic E-state index is 12.9. The van der Waals surface area contributed by atoms with Crippen LogP contribution in [0.25, 0.3) is 0 Å². The molecule has 1 aromatic heterocycles. The van der Waals surface area contributed by atoms with Crippen molar-refractivity contribution >= 4 is 11.8 Å². The molecule has 0 aromatic carbocycles. The van der Waals surface area contributed by atoms with Crippen LogP contribution < -0.4 is 10.2 Å². The van der Waals surface area contributed by atoms with Gasteiger partial charge in [-0.05, 0) is 20.3 Å². The minimum absolute atomic E-state index is 0.0130. The summed E-state index contributed by atoms with van der Waals surface area (Å²) >= 11 is 0. The van der Waals surface area contributed by atoms with Crippen molar-refractivity contribution in [2.45, 2.75) is 52.3 Å². The second-order valence-corrected chi connectivity index (χ2v) is 5.18. The van der Waals surface area contributed by atoms with E-state index in [4.69, 9.17) is 0 Å². The van der Waals surface area contributed by atoms with E-state index in [0.29, 0.717) is 12.4 Å². The van der Waals surface area contributed by atoms with Crippen LogP contribution in [0.3, 0.4) is 0 Å². The fourth-order valence-electron chi connectivity index (χ4n) is 2.01. The van der Waals surface area contributed by atoms with E-state index >= 15 is 0 Å². The van der Waals surface area contributed by atoms with E-state index in [2.05, 4.69) is 22.2 Å². The molecule has 7 heteroatoms. The van der Waals surface area contributed by atoms with Gasteiger partial charge < -0.3 is 10.2 Å². The summed E-state index contributed by atoms with van der Waals surface area (Å²) in [6.07, 6.45) is -1.45. The quantitative estimate of drug-likeness (QED) is 0.775. The first-order valence-corrected chi connectivity index (χ1v) is 7.20. The van der Waals surface area contributed by atoms with Gasteiger partial charge in [0.2, 0.25) is 5.95 Å². The van der Waals surface area contributed by atoms with Crippen molar-refractivity contribution in [1.82, 2.24) is 9.97 Å². The second kappa shape index (κ2) is 7.47. The van der Waals surface area contributed by atoms with Gasteiger partial charge in [0.15, 0.2) is 5.69 Å². The molecular weight excluding hydrogens is 281 g/mol. The van der Waals surface area contributed by atoms with Crippen molar-refractivity contribution in [2.75, 3.05) is 23.8 Å². The normalized spacial score (nSPS) is 11.8. The maximum absolute atomic E-state index is 12.9. The van der Waals surface area contributed by atoms with Crippen LogP contribution in [0, 0.1) is 0 Å². The Morgan fingerprint density at radius 1 is 1.24 bits per heavy atom. The van der Waals surface area contributed by atoms with Crippen molar-refractivity contribution in [1.29, 1.82) is 0 Å². The third-order valence-corrected chi connectivity index (χ3v) is 3.15. The molecule has 4 nitrogen and oxygen atoms in total. The van der Waals surface area contributed by atoms with Gasteiger partial charge in [0.25, 0.3) is 0 Å². The molecular formula is C14H23F3N4.